The minimum Gasteiger partial charge on any atom is -0.494 e. The second-order valence-corrected chi connectivity index (χ2v) is 3.93. The van der Waals surface area contributed by atoms with E-state index in [1.54, 1.807) is 0 Å². The number of hydrogen-bond acceptors (Lipinski definition) is 1. The first-order valence-electron chi connectivity index (χ1n) is 6.11. The number of halogens is 1. The predicted molar refractivity (Wildman–Crippen MR) is 75.6 cm³/mol. The molecule has 2 heteroatoms. The second kappa shape index (κ2) is 11.0. The summed E-state index contributed by atoms with van der Waals surface area (Å²) >= 11 is 0. The molecule has 0 aliphatic heterocycles. The summed E-state index contributed by atoms with van der Waals surface area (Å²) in [6.45, 7) is 3.11. The molecule has 0 amide bonds. The first-order valence-corrected chi connectivity index (χ1v) is 6.11. The Morgan fingerprint density at radius 1 is 0.875 bits per heavy atom. The molecule has 1 nitrogen and oxygen atoms in total. The first kappa shape index (κ1) is 15.5. The molecule has 92 valence electrons. The minimum absolute atomic E-state index is 0. The van der Waals surface area contributed by atoms with Crippen LogP contribution in [0.2, 0.25) is 0 Å². The van der Waals surface area contributed by atoms with Gasteiger partial charge in [0.05, 0.1) is 6.61 Å². The Morgan fingerprint density at radius 3 is 2.19 bits per heavy atom. The lowest BCUT2D eigenvalue weighted by molar-refractivity contribution is 0.304. The van der Waals surface area contributed by atoms with Crippen LogP contribution in [0, 0.1) is 0 Å². The summed E-state index contributed by atoms with van der Waals surface area (Å²) in [5, 5.41) is 0. The van der Waals surface area contributed by atoms with Crippen LogP contribution in [-0.4, -0.2) is 6.61 Å². The van der Waals surface area contributed by atoms with Crippen molar-refractivity contribution in [3.05, 3.63) is 30.3 Å². The zero-order valence-corrected chi connectivity index (χ0v) is 11.9. The van der Waals surface area contributed by atoms with Gasteiger partial charge in [0, 0.05) is 0 Å². The number of benzene rings is 1. The van der Waals surface area contributed by atoms with E-state index in [0.29, 0.717) is 0 Å². The summed E-state index contributed by atoms with van der Waals surface area (Å²) in [7, 11) is 0. The van der Waals surface area contributed by atoms with Gasteiger partial charge in [-0.25, -0.2) is 0 Å². The van der Waals surface area contributed by atoms with E-state index in [9.17, 15) is 0 Å². The highest BCUT2D eigenvalue weighted by molar-refractivity contribution is 8.93. The molecule has 1 rings (SSSR count). The third-order valence-corrected chi connectivity index (χ3v) is 2.51. The monoisotopic (exact) mass is 286 g/mol. The minimum atomic E-state index is 0. The van der Waals surface area contributed by atoms with Gasteiger partial charge in [0.15, 0.2) is 0 Å². The predicted octanol–water partition coefficient (Wildman–Crippen LogP) is 5.00. The summed E-state index contributed by atoms with van der Waals surface area (Å²) in [6.07, 6.45) is 7.90. The molecule has 0 spiro atoms. The van der Waals surface area contributed by atoms with Crippen molar-refractivity contribution in [3.8, 4) is 5.75 Å². The topological polar surface area (TPSA) is 9.23 Å². The molecule has 0 fully saturated rings. The van der Waals surface area contributed by atoms with E-state index in [0.717, 1.165) is 12.4 Å². The van der Waals surface area contributed by atoms with Crippen molar-refractivity contribution < 1.29 is 4.74 Å². The van der Waals surface area contributed by atoms with Crippen molar-refractivity contribution in [2.24, 2.45) is 0 Å². The van der Waals surface area contributed by atoms with Crippen LogP contribution in [0.3, 0.4) is 0 Å². The average molecular weight is 287 g/mol. The van der Waals surface area contributed by atoms with Gasteiger partial charge in [0.2, 0.25) is 0 Å². The highest BCUT2D eigenvalue weighted by atomic mass is 79.9. The van der Waals surface area contributed by atoms with Crippen LogP contribution in [0.5, 0.6) is 5.75 Å². The van der Waals surface area contributed by atoms with Gasteiger partial charge in [-0.2, -0.15) is 0 Å². The van der Waals surface area contributed by atoms with Crippen molar-refractivity contribution in [2.75, 3.05) is 6.61 Å². The van der Waals surface area contributed by atoms with Gasteiger partial charge in [0.1, 0.15) is 5.75 Å². The van der Waals surface area contributed by atoms with E-state index >= 15 is 0 Å². The third-order valence-electron chi connectivity index (χ3n) is 2.51. The number of hydrogen-bond donors (Lipinski definition) is 0. The Balaban J connectivity index is 0.00000225. The summed E-state index contributed by atoms with van der Waals surface area (Å²) in [6, 6.07) is 10.1. The van der Waals surface area contributed by atoms with E-state index in [2.05, 4.69) is 6.92 Å². The molecule has 0 saturated heterocycles. The lowest BCUT2D eigenvalue weighted by Gasteiger charge is -2.05. The fraction of sp³-hybridized carbons (Fsp3) is 0.571. The van der Waals surface area contributed by atoms with E-state index in [1.165, 1.54) is 38.5 Å². The van der Waals surface area contributed by atoms with Gasteiger partial charge in [0.25, 0.3) is 0 Å². The zero-order chi connectivity index (χ0) is 10.8. The van der Waals surface area contributed by atoms with E-state index in [-0.39, 0.29) is 17.0 Å². The molecule has 0 N–H and O–H groups in total. The second-order valence-electron chi connectivity index (χ2n) is 3.93. The molecule has 0 atom stereocenters. The van der Waals surface area contributed by atoms with Crippen molar-refractivity contribution >= 4 is 17.0 Å². The molecule has 0 radical (unpaired) electrons. The molecule has 0 saturated carbocycles. The largest absolute Gasteiger partial charge is 0.494 e. The van der Waals surface area contributed by atoms with Crippen molar-refractivity contribution in [1.82, 2.24) is 0 Å². The molecule has 1 aromatic rings. The standard InChI is InChI=1S/C14H22O.BrH/c1-2-3-4-5-6-10-13-15-14-11-8-7-9-12-14;/h7-9,11-12H,2-6,10,13H2,1H3;1H. The highest BCUT2D eigenvalue weighted by Gasteiger charge is 1.92. The Kier molecular flexibility index (Phi) is 10.7. The van der Waals surface area contributed by atoms with Gasteiger partial charge >= 0.3 is 0 Å². The molecule has 0 bridgehead atoms. The van der Waals surface area contributed by atoms with Crippen LogP contribution < -0.4 is 4.74 Å². The maximum absolute atomic E-state index is 5.61. The summed E-state index contributed by atoms with van der Waals surface area (Å²) in [5.74, 6) is 0.992. The Morgan fingerprint density at radius 2 is 1.50 bits per heavy atom. The maximum atomic E-state index is 5.61. The van der Waals surface area contributed by atoms with Crippen molar-refractivity contribution in [3.63, 3.8) is 0 Å². The number of rotatable bonds is 8. The SMILES string of the molecule is Br.CCCCCCCCOc1ccccc1. The first-order chi connectivity index (χ1) is 7.43. The van der Waals surface area contributed by atoms with Crippen molar-refractivity contribution in [2.45, 2.75) is 45.4 Å². The van der Waals surface area contributed by atoms with Gasteiger partial charge in [-0.05, 0) is 18.6 Å². The molecule has 0 aliphatic carbocycles. The number of para-hydroxylation sites is 1. The summed E-state index contributed by atoms with van der Waals surface area (Å²) in [4.78, 5) is 0. The Labute approximate surface area is 110 Å². The Hall–Kier alpha value is -0.500. The molecule has 0 aromatic heterocycles. The summed E-state index contributed by atoms with van der Waals surface area (Å²) < 4.78 is 5.61. The zero-order valence-electron chi connectivity index (χ0n) is 10.2. The fourth-order valence-electron chi connectivity index (χ4n) is 1.59. The van der Waals surface area contributed by atoms with Crippen LogP contribution >= 0.6 is 17.0 Å². The Bertz CT molecular complexity index is 236. The van der Waals surface area contributed by atoms with Crippen LogP contribution in [-0.2, 0) is 0 Å². The van der Waals surface area contributed by atoms with Gasteiger partial charge < -0.3 is 4.74 Å². The lowest BCUT2D eigenvalue weighted by Crippen LogP contribution is -1.96. The molecule has 0 unspecified atom stereocenters. The molecule has 0 heterocycles. The highest BCUT2D eigenvalue weighted by Crippen LogP contribution is 2.10. The van der Waals surface area contributed by atoms with Gasteiger partial charge in [-0.3, -0.25) is 0 Å². The van der Waals surface area contributed by atoms with E-state index in [1.807, 2.05) is 30.3 Å². The molecule has 1 aromatic carbocycles. The summed E-state index contributed by atoms with van der Waals surface area (Å²) in [5.41, 5.74) is 0. The van der Waals surface area contributed by atoms with Crippen LogP contribution in [0.25, 0.3) is 0 Å². The maximum Gasteiger partial charge on any atom is 0.119 e. The lowest BCUT2D eigenvalue weighted by atomic mass is 10.1. The van der Waals surface area contributed by atoms with Crippen LogP contribution in [0.1, 0.15) is 45.4 Å². The number of unbranched alkanes of at least 4 members (excludes halogenated alkanes) is 5. The normalized spacial score (nSPS) is 9.56. The molecular weight excluding hydrogens is 264 g/mol. The van der Waals surface area contributed by atoms with Gasteiger partial charge in [-0.1, -0.05) is 57.2 Å². The van der Waals surface area contributed by atoms with Crippen molar-refractivity contribution in [1.29, 1.82) is 0 Å². The average Bonchev–Trinajstić information content (AvgIpc) is 2.29. The van der Waals surface area contributed by atoms with Crippen LogP contribution in [0.15, 0.2) is 30.3 Å². The van der Waals surface area contributed by atoms with Crippen LogP contribution in [0.4, 0.5) is 0 Å². The quantitative estimate of drug-likeness (QED) is 0.611. The van der Waals surface area contributed by atoms with Gasteiger partial charge in [-0.15, -0.1) is 17.0 Å². The van der Waals surface area contributed by atoms with E-state index < -0.39 is 0 Å². The smallest absolute Gasteiger partial charge is 0.119 e. The van der Waals surface area contributed by atoms with E-state index in [4.69, 9.17) is 4.74 Å². The molecular formula is C14H23BrO. The molecule has 16 heavy (non-hydrogen) atoms. The third kappa shape index (κ3) is 7.75. The number of ether oxygens (including phenoxy) is 1. The fourth-order valence-corrected chi connectivity index (χ4v) is 1.59. The molecule has 0 aliphatic rings.